The van der Waals surface area contributed by atoms with Gasteiger partial charge in [0.1, 0.15) is 0 Å². The molecule has 0 atom stereocenters. The molecule has 2 fully saturated rings. The van der Waals surface area contributed by atoms with Crippen molar-refractivity contribution in [2.75, 3.05) is 32.9 Å². The first-order valence-electron chi connectivity index (χ1n) is 6.86. The molecule has 8 heteroatoms. The Morgan fingerprint density at radius 1 is 1.55 bits per heavy atom. The van der Waals surface area contributed by atoms with Gasteiger partial charge in [0.15, 0.2) is 5.69 Å². The zero-order valence-corrected chi connectivity index (χ0v) is 11.2. The van der Waals surface area contributed by atoms with Crippen LogP contribution in [0.2, 0.25) is 0 Å². The molecule has 1 aromatic heterocycles. The van der Waals surface area contributed by atoms with E-state index in [4.69, 9.17) is 4.74 Å². The lowest BCUT2D eigenvalue weighted by molar-refractivity contribution is 0.0124. The minimum atomic E-state index is -0.600. The van der Waals surface area contributed by atoms with Crippen molar-refractivity contribution in [3.63, 3.8) is 0 Å². The summed E-state index contributed by atoms with van der Waals surface area (Å²) in [5.74, 6) is -0.292. The van der Waals surface area contributed by atoms with Gasteiger partial charge < -0.3 is 20.5 Å². The quantitative estimate of drug-likeness (QED) is 0.634. The molecule has 3 rings (SSSR count). The summed E-state index contributed by atoms with van der Waals surface area (Å²) >= 11 is 0. The molecule has 0 spiro atoms. The molecule has 8 nitrogen and oxygen atoms in total. The van der Waals surface area contributed by atoms with Gasteiger partial charge in [-0.2, -0.15) is 0 Å². The van der Waals surface area contributed by atoms with Gasteiger partial charge in [-0.25, -0.2) is 4.68 Å². The molecule has 3 heterocycles. The molecule has 1 aromatic rings. The number of nitrogens with one attached hydrogen (secondary N) is 2. The van der Waals surface area contributed by atoms with Gasteiger partial charge in [-0.1, -0.05) is 5.21 Å². The molecular formula is C12H19N5O3. The monoisotopic (exact) mass is 281 g/mol. The van der Waals surface area contributed by atoms with Crippen LogP contribution in [-0.4, -0.2) is 64.5 Å². The van der Waals surface area contributed by atoms with E-state index >= 15 is 0 Å². The maximum Gasteiger partial charge on any atom is 0.273 e. The fourth-order valence-electron chi connectivity index (χ4n) is 2.41. The van der Waals surface area contributed by atoms with E-state index in [9.17, 15) is 9.90 Å². The summed E-state index contributed by atoms with van der Waals surface area (Å²) in [7, 11) is 0. The third-order valence-electron chi connectivity index (χ3n) is 4.01. The molecular weight excluding hydrogens is 262 g/mol. The van der Waals surface area contributed by atoms with E-state index in [-0.39, 0.29) is 24.2 Å². The second kappa shape index (κ2) is 5.47. The van der Waals surface area contributed by atoms with Gasteiger partial charge in [-0.05, 0) is 12.8 Å². The number of carbonyl (C=O) groups excluding carboxylic acids is 1. The van der Waals surface area contributed by atoms with Crippen molar-refractivity contribution in [1.82, 2.24) is 25.6 Å². The zero-order valence-electron chi connectivity index (χ0n) is 11.2. The third-order valence-corrected chi connectivity index (χ3v) is 4.01. The molecule has 1 amide bonds. The van der Waals surface area contributed by atoms with Crippen LogP contribution in [-0.2, 0) is 4.74 Å². The van der Waals surface area contributed by atoms with Crippen molar-refractivity contribution in [2.24, 2.45) is 0 Å². The number of hydrogen-bond donors (Lipinski definition) is 3. The molecule has 3 N–H and O–H groups in total. The lowest BCUT2D eigenvalue weighted by atomic mass is 9.91. The second-order valence-corrected chi connectivity index (χ2v) is 5.40. The first-order valence-corrected chi connectivity index (χ1v) is 6.86. The van der Waals surface area contributed by atoms with Gasteiger partial charge in [-0.15, -0.1) is 5.10 Å². The zero-order chi connectivity index (χ0) is 14.0. The van der Waals surface area contributed by atoms with Crippen LogP contribution in [0.15, 0.2) is 6.20 Å². The van der Waals surface area contributed by atoms with Crippen LogP contribution in [0.4, 0.5) is 0 Å². The molecule has 2 saturated heterocycles. The van der Waals surface area contributed by atoms with E-state index in [2.05, 4.69) is 20.9 Å². The Balaban J connectivity index is 1.66. The molecule has 0 bridgehead atoms. The van der Waals surface area contributed by atoms with Crippen LogP contribution in [0.1, 0.15) is 29.4 Å². The van der Waals surface area contributed by atoms with Gasteiger partial charge in [0.25, 0.3) is 5.91 Å². The fourth-order valence-corrected chi connectivity index (χ4v) is 2.41. The lowest BCUT2D eigenvalue weighted by Crippen LogP contribution is -2.54. The summed E-state index contributed by atoms with van der Waals surface area (Å²) in [5.41, 5.74) is -0.312. The molecule has 0 unspecified atom stereocenters. The summed E-state index contributed by atoms with van der Waals surface area (Å²) in [5, 5.41) is 23.5. The normalized spacial score (nSPS) is 22.2. The smallest absolute Gasteiger partial charge is 0.273 e. The van der Waals surface area contributed by atoms with Crippen molar-refractivity contribution in [1.29, 1.82) is 0 Å². The molecule has 2 aliphatic rings. The number of nitrogens with zero attached hydrogens (tertiary/aromatic N) is 3. The Kier molecular flexibility index (Phi) is 3.68. The highest BCUT2D eigenvalue weighted by Gasteiger charge is 2.34. The molecule has 0 radical (unpaired) electrons. The summed E-state index contributed by atoms with van der Waals surface area (Å²) < 4.78 is 6.98. The van der Waals surface area contributed by atoms with Crippen LogP contribution < -0.4 is 10.6 Å². The summed E-state index contributed by atoms with van der Waals surface area (Å²) in [4.78, 5) is 12.2. The topological polar surface area (TPSA) is 101 Å². The molecule has 110 valence electrons. The van der Waals surface area contributed by atoms with E-state index < -0.39 is 5.54 Å². The van der Waals surface area contributed by atoms with Crippen molar-refractivity contribution < 1.29 is 14.6 Å². The van der Waals surface area contributed by atoms with Crippen LogP contribution in [0.3, 0.4) is 0 Å². The van der Waals surface area contributed by atoms with Gasteiger partial charge in [0.2, 0.25) is 0 Å². The highest BCUT2D eigenvalue weighted by molar-refractivity contribution is 5.92. The number of aliphatic hydroxyl groups excluding tert-OH is 1. The molecule has 0 saturated carbocycles. The third kappa shape index (κ3) is 2.54. The van der Waals surface area contributed by atoms with Crippen molar-refractivity contribution in [3.05, 3.63) is 11.9 Å². The minimum absolute atomic E-state index is 0.0945. The number of amides is 1. The molecule has 0 aromatic carbocycles. The van der Waals surface area contributed by atoms with Crippen LogP contribution in [0.5, 0.6) is 0 Å². The van der Waals surface area contributed by atoms with Crippen LogP contribution >= 0.6 is 0 Å². The number of hydrogen-bond acceptors (Lipinski definition) is 6. The Morgan fingerprint density at radius 3 is 2.90 bits per heavy atom. The maximum atomic E-state index is 12.2. The van der Waals surface area contributed by atoms with E-state index in [1.807, 2.05) is 0 Å². The highest BCUT2D eigenvalue weighted by atomic mass is 16.5. The van der Waals surface area contributed by atoms with Gasteiger partial charge in [0, 0.05) is 26.3 Å². The van der Waals surface area contributed by atoms with Gasteiger partial charge in [0.05, 0.1) is 24.4 Å². The Morgan fingerprint density at radius 2 is 2.30 bits per heavy atom. The number of carbonyl (C=O) groups is 1. The number of ether oxygens (including phenoxy) is 1. The summed E-state index contributed by atoms with van der Waals surface area (Å²) in [6.45, 7) is 2.69. The maximum absolute atomic E-state index is 12.2. The minimum Gasteiger partial charge on any atom is -0.394 e. The van der Waals surface area contributed by atoms with E-state index in [1.54, 1.807) is 10.9 Å². The second-order valence-electron chi connectivity index (χ2n) is 5.40. The Bertz CT molecular complexity index is 479. The predicted octanol–water partition coefficient (Wildman–Crippen LogP) is -1.31. The standard InChI is InChI=1S/C12H19N5O3/c18-8-12(1-3-20-4-2-12)14-11(19)10-7-17(16-15-10)9-5-13-6-9/h7,9,13,18H,1-6,8H2,(H,14,19). The average Bonchev–Trinajstić information content (AvgIpc) is 2.87. The largest absolute Gasteiger partial charge is 0.394 e. The lowest BCUT2D eigenvalue weighted by Gasteiger charge is -2.36. The highest BCUT2D eigenvalue weighted by Crippen LogP contribution is 2.20. The van der Waals surface area contributed by atoms with E-state index in [0.717, 1.165) is 13.1 Å². The molecule has 0 aliphatic carbocycles. The van der Waals surface area contributed by atoms with Crippen LogP contribution in [0, 0.1) is 0 Å². The number of rotatable bonds is 4. The number of aliphatic hydroxyl groups is 1. The Labute approximate surface area is 116 Å². The Hall–Kier alpha value is -1.51. The van der Waals surface area contributed by atoms with Gasteiger partial charge in [-0.3, -0.25) is 4.79 Å². The van der Waals surface area contributed by atoms with Crippen molar-refractivity contribution in [2.45, 2.75) is 24.4 Å². The van der Waals surface area contributed by atoms with E-state index in [1.165, 1.54) is 0 Å². The van der Waals surface area contributed by atoms with Crippen LogP contribution in [0.25, 0.3) is 0 Å². The van der Waals surface area contributed by atoms with Gasteiger partial charge >= 0.3 is 0 Å². The number of aromatic nitrogens is 3. The predicted molar refractivity (Wildman–Crippen MR) is 69.3 cm³/mol. The summed E-state index contributed by atoms with van der Waals surface area (Å²) in [6, 6.07) is 0.277. The molecule has 20 heavy (non-hydrogen) atoms. The first-order chi connectivity index (χ1) is 9.72. The molecule has 2 aliphatic heterocycles. The first kappa shape index (κ1) is 13.5. The van der Waals surface area contributed by atoms with E-state index in [0.29, 0.717) is 26.1 Å². The average molecular weight is 281 g/mol. The van der Waals surface area contributed by atoms with Crippen molar-refractivity contribution >= 4 is 5.91 Å². The van der Waals surface area contributed by atoms with Crippen molar-refractivity contribution in [3.8, 4) is 0 Å². The SMILES string of the molecule is O=C(NC1(CO)CCOCC1)c1cn(C2CNC2)nn1. The fraction of sp³-hybridized carbons (Fsp3) is 0.750. The summed E-state index contributed by atoms with van der Waals surface area (Å²) in [6.07, 6.45) is 2.87.